The van der Waals surface area contributed by atoms with E-state index in [4.69, 9.17) is 11.6 Å². The summed E-state index contributed by atoms with van der Waals surface area (Å²) >= 11 is 5.93. The maximum Gasteiger partial charge on any atom is 0.417 e. The Morgan fingerprint density at radius 2 is 1.96 bits per heavy atom. The number of carbonyl (C=O) groups excluding carboxylic acids is 1. The molecule has 0 aliphatic rings. The van der Waals surface area contributed by atoms with Crippen LogP contribution in [-0.2, 0) is 11.0 Å². The highest BCUT2D eigenvalue weighted by molar-refractivity contribution is 6.33. The lowest BCUT2D eigenvalue weighted by Gasteiger charge is -2.18. The highest BCUT2D eigenvalue weighted by atomic mass is 35.5. The summed E-state index contributed by atoms with van der Waals surface area (Å²) in [4.78, 5) is 17.1. The number of halogens is 4. The number of carbonyl (C=O) groups is 1. The van der Waals surface area contributed by atoms with Crippen LogP contribution in [0.5, 0.6) is 0 Å². The average Bonchev–Trinajstić information content (AvgIpc) is 2.49. The molecule has 2 aromatic rings. The molecule has 0 saturated heterocycles. The number of nitrogens with zero attached hydrogens (tertiary/aromatic N) is 2. The van der Waals surface area contributed by atoms with E-state index in [1.54, 1.807) is 31.3 Å². The highest BCUT2D eigenvalue weighted by Crippen LogP contribution is 2.29. The molecule has 0 bridgehead atoms. The molecule has 2 rings (SSSR count). The maximum atomic E-state index is 12.5. The van der Waals surface area contributed by atoms with Crippen molar-refractivity contribution in [2.24, 2.45) is 0 Å². The average molecular weight is 344 g/mol. The number of amides is 1. The number of para-hydroxylation sites is 1. The molecule has 23 heavy (non-hydrogen) atoms. The van der Waals surface area contributed by atoms with Crippen LogP contribution in [0.1, 0.15) is 5.56 Å². The first-order valence-corrected chi connectivity index (χ1v) is 6.94. The fraction of sp³-hybridized carbons (Fsp3) is 0.200. The molecule has 0 saturated carbocycles. The number of benzene rings is 1. The molecule has 4 nitrogen and oxygen atoms in total. The van der Waals surface area contributed by atoms with Gasteiger partial charge in [0, 0.05) is 13.2 Å². The first-order valence-electron chi connectivity index (χ1n) is 6.56. The standard InChI is InChI=1S/C15H13ClF3N3O/c1-22(13-7-6-10(8-20-13)15(17,18)19)9-14(23)21-12-5-3-2-4-11(12)16/h2-8H,9H2,1H3,(H,21,23). The number of aromatic nitrogens is 1. The van der Waals surface area contributed by atoms with Crippen LogP contribution in [0.15, 0.2) is 42.6 Å². The third kappa shape index (κ3) is 4.59. The monoisotopic (exact) mass is 343 g/mol. The molecular weight excluding hydrogens is 331 g/mol. The summed E-state index contributed by atoms with van der Waals surface area (Å²) < 4.78 is 37.4. The first kappa shape index (κ1) is 17.1. The molecule has 0 unspecified atom stereocenters. The number of hydrogen-bond donors (Lipinski definition) is 1. The Balaban J connectivity index is 2.00. The number of nitrogens with one attached hydrogen (secondary N) is 1. The summed E-state index contributed by atoms with van der Waals surface area (Å²) in [7, 11) is 1.56. The fourth-order valence-electron chi connectivity index (χ4n) is 1.83. The van der Waals surface area contributed by atoms with Gasteiger partial charge in [-0.3, -0.25) is 4.79 Å². The molecule has 1 aromatic carbocycles. The molecule has 1 aromatic heterocycles. The SMILES string of the molecule is CN(CC(=O)Nc1ccccc1Cl)c1ccc(C(F)(F)F)cn1. The number of alkyl halides is 3. The molecule has 0 radical (unpaired) electrons. The van der Waals surface area contributed by atoms with Crippen molar-refractivity contribution in [1.29, 1.82) is 0 Å². The van der Waals surface area contributed by atoms with Gasteiger partial charge >= 0.3 is 6.18 Å². The lowest BCUT2D eigenvalue weighted by Crippen LogP contribution is -2.30. The van der Waals surface area contributed by atoms with E-state index in [1.165, 1.54) is 11.0 Å². The van der Waals surface area contributed by atoms with Crippen molar-refractivity contribution in [3.05, 3.63) is 53.2 Å². The molecule has 0 aliphatic carbocycles. The van der Waals surface area contributed by atoms with Gasteiger partial charge in [-0.25, -0.2) is 4.98 Å². The van der Waals surface area contributed by atoms with Crippen molar-refractivity contribution in [2.75, 3.05) is 23.8 Å². The smallest absolute Gasteiger partial charge is 0.350 e. The molecule has 1 amide bonds. The quantitative estimate of drug-likeness (QED) is 0.917. The second kappa shape index (κ2) is 6.87. The summed E-state index contributed by atoms with van der Waals surface area (Å²) in [6.07, 6.45) is -3.71. The van der Waals surface area contributed by atoms with Crippen molar-refractivity contribution in [2.45, 2.75) is 6.18 Å². The molecular formula is C15H13ClF3N3O. The number of pyridine rings is 1. The minimum absolute atomic E-state index is 0.0798. The largest absolute Gasteiger partial charge is 0.417 e. The molecule has 0 spiro atoms. The fourth-order valence-corrected chi connectivity index (χ4v) is 2.01. The Morgan fingerprint density at radius 3 is 2.52 bits per heavy atom. The summed E-state index contributed by atoms with van der Waals surface area (Å²) in [5.74, 6) is -0.102. The zero-order chi connectivity index (χ0) is 17.0. The van der Waals surface area contributed by atoms with E-state index in [0.717, 1.165) is 12.3 Å². The minimum atomic E-state index is -4.44. The Bertz CT molecular complexity index is 689. The molecule has 0 fully saturated rings. The van der Waals surface area contributed by atoms with Crippen molar-refractivity contribution in [1.82, 2.24) is 4.98 Å². The van der Waals surface area contributed by atoms with Crippen LogP contribution in [0.4, 0.5) is 24.7 Å². The summed E-state index contributed by atoms with van der Waals surface area (Å²) in [6, 6.07) is 8.88. The van der Waals surface area contributed by atoms with Crippen LogP contribution in [0.3, 0.4) is 0 Å². The normalized spacial score (nSPS) is 11.2. The van der Waals surface area contributed by atoms with E-state index in [0.29, 0.717) is 10.7 Å². The Kier molecular flexibility index (Phi) is 5.10. The number of rotatable bonds is 4. The van der Waals surface area contributed by atoms with Crippen LogP contribution < -0.4 is 10.2 Å². The molecule has 0 atom stereocenters. The molecule has 122 valence electrons. The second-order valence-electron chi connectivity index (χ2n) is 4.79. The van der Waals surface area contributed by atoms with Gasteiger partial charge in [-0.05, 0) is 24.3 Å². The van der Waals surface area contributed by atoms with Crippen LogP contribution in [0.2, 0.25) is 5.02 Å². The molecule has 8 heteroatoms. The zero-order valence-corrected chi connectivity index (χ0v) is 12.8. The van der Waals surface area contributed by atoms with Crippen LogP contribution >= 0.6 is 11.6 Å². The Hall–Kier alpha value is -2.28. The van der Waals surface area contributed by atoms with Gasteiger partial charge in [-0.15, -0.1) is 0 Å². The van der Waals surface area contributed by atoms with E-state index >= 15 is 0 Å². The highest BCUT2D eigenvalue weighted by Gasteiger charge is 2.30. The van der Waals surface area contributed by atoms with E-state index in [9.17, 15) is 18.0 Å². The van der Waals surface area contributed by atoms with Crippen LogP contribution in [-0.4, -0.2) is 24.5 Å². The van der Waals surface area contributed by atoms with Crippen molar-refractivity contribution < 1.29 is 18.0 Å². The van der Waals surface area contributed by atoms with E-state index < -0.39 is 11.7 Å². The van der Waals surface area contributed by atoms with E-state index in [-0.39, 0.29) is 18.3 Å². The van der Waals surface area contributed by atoms with Gasteiger partial charge in [0.2, 0.25) is 5.91 Å². The van der Waals surface area contributed by atoms with Gasteiger partial charge in [-0.2, -0.15) is 13.2 Å². The second-order valence-corrected chi connectivity index (χ2v) is 5.19. The molecule has 0 aliphatic heterocycles. The van der Waals surface area contributed by atoms with Crippen LogP contribution in [0.25, 0.3) is 0 Å². The predicted molar refractivity (Wildman–Crippen MR) is 82.6 cm³/mol. The van der Waals surface area contributed by atoms with Crippen molar-refractivity contribution >= 4 is 29.0 Å². The summed E-state index contributed by atoms with van der Waals surface area (Å²) in [5.41, 5.74) is -0.372. The van der Waals surface area contributed by atoms with Crippen molar-refractivity contribution in [3.8, 4) is 0 Å². The van der Waals surface area contributed by atoms with Gasteiger partial charge < -0.3 is 10.2 Å². The summed E-state index contributed by atoms with van der Waals surface area (Å²) in [5, 5.41) is 3.03. The molecule has 1 N–H and O–H groups in total. The lowest BCUT2D eigenvalue weighted by atomic mass is 10.2. The number of likely N-dealkylation sites (N-methyl/N-ethyl adjacent to an activating group) is 1. The Labute approximate surface area is 135 Å². The first-order chi connectivity index (χ1) is 10.8. The summed E-state index contributed by atoms with van der Waals surface area (Å²) in [6.45, 7) is -0.0798. The number of anilines is 2. The third-order valence-corrected chi connectivity index (χ3v) is 3.32. The van der Waals surface area contributed by atoms with E-state index in [1.807, 2.05) is 0 Å². The topological polar surface area (TPSA) is 45.2 Å². The Morgan fingerprint density at radius 1 is 1.26 bits per heavy atom. The van der Waals surface area contributed by atoms with Crippen LogP contribution in [0, 0.1) is 0 Å². The van der Waals surface area contributed by atoms with Gasteiger partial charge in [-0.1, -0.05) is 23.7 Å². The minimum Gasteiger partial charge on any atom is -0.350 e. The van der Waals surface area contributed by atoms with Gasteiger partial charge in [0.05, 0.1) is 22.8 Å². The molecule has 1 heterocycles. The van der Waals surface area contributed by atoms with Gasteiger partial charge in [0.25, 0.3) is 0 Å². The van der Waals surface area contributed by atoms with Crippen molar-refractivity contribution in [3.63, 3.8) is 0 Å². The maximum absolute atomic E-state index is 12.5. The van der Waals surface area contributed by atoms with Gasteiger partial charge in [0.1, 0.15) is 5.82 Å². The zero-order valence-electron chi connectivity index (χ0n) is 12.1. The number of hydrogen-bond acceptors (Lipinski definition) is 3. The van der Waals surface area contributed by atoms with Gasteiger partial charge in [0.15, 0.2) is 0 Å². The third-order valence-electron chi connectivity index (χ3n) is 3.00. The predicted octanol–water partition coefficient (Wildman–Crippen LogP) is 3.83. The lowest BCUT2D eigenvalue weighted by molar-refractivity contribution is -0.137. The van der Waals surface area contributed by atoms with E-state index in [2.05, 4.69) is 10.3 Å².